The van der Waals surface area contributed by atoms with Crippen molar-refractivity contribution >= 4 is 11.9 Å². The maximum Gasteiger partial charge on any atom is 0.408 e. The minimum Gasteiger partial charge on any atom is -0.444 e. The maximum atomic E-state index is 12.6. The zero-order chi connectivity index (χ0) is 13.8. The van der Waals surface area contributed by atoms with Crippen LogP contribution in [0.5, 0.6) is 0 Å². The molecule has 0 aromatic carbocycles. The van der Waals surface area contributed by atoms with Crippen molar-refractivity contribution in [3.8, 4) is 0 Å². The number of pyridine rings is 1. The summed E-state index contributed by atoms with van der Waals surface area (Å²) in [5, 5.41) is 2.31. The van der Waals surface area contributed by atoms with Crippen LogP contribution in [0.1, 0.15) is 31.3 Å². The first-order valence-electron chi connectivity index (χ1n) is 5.39. The molecule has 1 heterocycles. The molecule has 0 aliphatic carbocycles. The lowest BCUT2D eigenvalue weighted by atomic mass is 10.2. The van der Waals surface area contributed by atoms with Gasteiger partial charge in [0.15, 0.2) is 5.78 Å². The highest BCUT2D eigenvalue weighted by Crippen LogP contribution is 2.06. The van der Waals surface area contributed by atoms with Crippen molar-refractivity contribution < 1.29 is 18.7 Å². The molecular formula is C12H15FN2O3. The second kappa shape index (κ2) is 5.57. The fourth-order valence-electron chi connectivity index (χ4n) is 1.10. The summed E-state index contributed by atoms with van der Waals surface area (Å²) in [6, 6.07) is 2.39. The van der Waals surface area contributed by atoms with Crippen LogP contribution >= 0.6 is 0 Å². The minimum atomic E-state index is -0.682. The molecule has 5 nitrogen and oxygen atoms in total. The van der Waals surface area contributed by atoms with Gasteiger partial charge in [0.1, 0.15) is 17.1 Å². The van der Waals surface area contributed by atoms with Gasteiger partial charge in [-0.25, -0.2) is 9.18 Å². The van der Waals surface area contributed by atoms with Crippen LogP contribution in [0.3, 0.4) is 0 Å². The lowest BCUT2D eigenvalue weighted by Crippen LogP contribution is -2.35. The van der Waals surface area contributed by atoms with Gasteiger partial charge in [-0.05, 0) is 32.9 Å². The molecule has 0 bridgehead atoms. The molecule has 1 aromatic heterocycles. The molecule has 1 N–H and O–H groups in total. The molecule has 0 radical (unpaired) electrons. The molecule has 98 valence electrons. The predicted octanol–water partition coefficient (Wildman–Crippen LogP) is 1.93. The first kappa shape index (κ1) is 14.1. The van der Waals surface area contributed by atoms with E-state index in [4.69, 9.17) is 4.74 Å². The molecule has 0 aliphatic heterocycles. The van der Waals surface area contributed by atoms with E-state index in [1.807, 2.05) is 0 Å². The van der Waals surface area contributed by atoms with Crippen LogP contribution in [0.25, 0.3) is 0 Å². The molecule has 0 atom stereocenters. The Bertz CT molecular complexity index is 438. The van der Waals surface area contributed by atoms with E-state index in [2.05, 4.69) is 10.3 Å². The van der Waals surface area contributed by atoms with Gasteiger partial charge in [-0.1, -0.05) is 0 Å². The van der Waals surface area contributed by atoms with Crippen molar-refractivity contribution in [1.29, 1.82) is 0 Å². The second-order valence-electron chi connectivity index (χ2n) is 4.64. The van der Waals surface area contributed by atoms with Gasteiger partial charge >= 0.3 is 6.09 Å². The molecule has 0 spiro atoms. The highest BCUT2D eigenvalue weighted by Gasteiger charge is 2.17. The van der Waals surface area contributed by atoms with Crippen molar-refractivity contribution in [3.05, 3.63) is 29.8 Å². The summed E-state index contributed by atoms with van der Waals surface area (Å²) in [5.74, 6) is -0.937. The van der Waals surface area contributed by atoms with Crippen molar-refractivity contribution in [2.45, 2.75) is 26.4 Å². The monoisotopic (exact) mass is 254 g/mol. The summed E-state index contributed by atoms with van der Waals surface area (Å²) in [6.07, 6.45) is 0.263. The Labute approximate surface area is 104 Å². The van der Waals surface area contributed by atoms with E-state index in [9.17, 15) is 14.0 Å². The summed E-state index contributed by atoms with van der Waals surface area (Å²) < 4.78 is 17.5. The average Bonchev–Trinajstić information content (AvgIpc) is 2.24. The number of amides is 1. The zero-order valence-electron chi connectivity index (χ0n) is 10.5. The predicted molar refractivity (Wildman–Crippen MR) is 62.8 cm³/mol. The number of carbonyl (C=O) groups is 2. The van der Waals surface area contributed by atoms with Crippen LogP contribution in [0.15, 0.2) is 18.3 Å². The Morgan fingerprint density at radius 2 is 2.06 bits per heavy atom. The molecule has 1 amide bonds. The molecule has 0 saturated carbocycles. The minimum absolute atomic E-state index is 0.0902. The lowest BCUT2D eigenvalue weighted by Gasteiger charge is -2.19. The highest BCUT2D eigenvalue weighted by atomic mass is 19.1. The smallest absolute Gasteiger partial charge is 0.408 e. The average molecular weight is 254 g/mol. The fraction of sp³-hybridized carbons (Fsp3) is 0.417. The first-order valence-corrected chi connectivity index (χ1v) is 5.39. The summed E-state index contributed by atoms with van der Waals surface area (Å²) in [7, 11) is 0. The van der Waals surface area contributed by atoms with Crippen LogP contribution < -0.4 is 5.32 Å². The van der Waals surface area contributed by atoms with Crippen LogP contribution in [0.2, 0.25) is 0 Å². The largest absolute Gasteiger partial charge is 0.444 e. The summed E-state index contributed by atoms with van der Waals surface area (Å²) >= 11 is 0. The molecule has 0 unspecified atom stereocenters. The number of alkyl carbamates (subject to hydrolysis) is 1. The number of aromatic nitrogens is 1. The van der Waals surface area contributed by atoms with E-state index in [0.29, 0.717) is 0 Å². The second-order valence-corrected chi connectivity index (χ2v) is 4.64. The number of ether oxygens (including phenoxy) is 1. The molecule has 0 fully saturated rings. The van der Waals surface area contributed by atoms with Crippen molar-refractivity contribution in [2.24, 2.45) is 0 Å². The highest BCUT2D eigenvalue weighted by molar-refractivity contribution is 5.97. The van der Waals surface area contributed by atoms with Crippen molar-refractivity contribution in [2.75, 3.05) is 6.54 Å². The molecule has 1 rings (SSSR count). The van der Waals surface area contributed by atoms with E-state index in [1.54, 1.807) is 20.8 Å². The van der Waals surface area contributed by atoms with Crippen molar-refractivity contribution in [3.63, 3.8) is 0 Å². The number of hydrogen-bond donors (Lipinski definition) is 1. The maximum absolute atomic E-state index is 12.6. The fourth-order valence-corrected chi connectivity index (χ4v) is 1.10. The number of Topliss-reactive ketones (excluding diaryl/α,β-unsaturated/α-hetero) is 1. The third-order valence-electron chi connectivity index (χ3n) is 1.81. The Balaban J connectivity index is 2.47. The van der Waals surface area contributed by atoms with Gasteiger partial charge < -0.3 is 10.1 Å². The summed E-state index contributed by atoms with van der Waals surface area (Å²) in [5.41, 5.74) is -0.534. The van der Waals surface area contributed by atoms with Crippen LogP contribution in [0.4, 0.5) is 9.18 Å². The van der Waals surface area contributed by atoms with Gasteiger partial charge in [-0.15, -0.1) is 0 Å². The van der Waals surface area contributed by atoms with Gasteiger partial charge in [0.2, 0.25) is 0 Å². The standard InChI is InChI=1S/C12H15FN2O3/c1-12(2,3)18-11(17)15-7-10(16)9-5-4-8(13)6-14-9/h4-6H,7H2,1-3H3,(H,15,17). The van der Waals surface area contributed by atoms with Crippen LogP contribution in [0, 0.1) is 5.82 Å². The molecule has 1 aromatic rings. The molecular weight excluding hydrogens is 239 g/mol. The van der Waals surface area contributed by atoms with Gasteiger partial charge in [0, 0.05) is 0 Å². The van der Waals surface area contributed by atoms with E-state index in [1.165, 1.54) is 6.07 Å². The van der Waals surface area contributed by atoms with Gasteiger partial charge in [-0.2, -0.15) is 0 Å². The number of ketones is 1. The van der Waals surface area contributed by atoms with Gasteiger partial charge in [-0.3, -0.25) is 9.78 Å². The van der Waals surface area contributed by atoms with E-state index in [0.717, 1.165) is 12.3 Å². The Morgan fingerprint density at radius 3 is 2.56 bits per heavy atom. The third-order valence-corrected chi connectivity index (χ3v) is 1.81. The molecule has 6 heteroatoms. The quantitative estimate of drug-likeness (QED) is 0.837. The molecule has 0 saturated heterocycles. The van der Waals surface area contributed by atoms with E-state index >= 15 is 0 Å². The number of hydrogen-bond acceptors (Lipinski definition) is 4. The van der Waals surface area contributed by atoms with E-state index < -0.39 is 23.3 Å². The number of nitrogens with one attached hydrogen (secondary N) is 1. The summed E-state index contributed by atoms with van der Waals surface area (Å²) in [4.78, 5) is 26.5. The van der Waals surface area contributed by atoms with Crippen LogP contribution in [-0.4, -0.2) is 29.0 Å². The number of nitrogens with zero attached hydrogens (tertiary/aromatic N) is 1. The summed E-state index contributed by atoms with van der Waals surface area (Å²) in [6.45, 7) is 4.91. The molecule has 18 heavy (non-hydrogen) atoms. The van der Waals surface area contributed by atoms with Crippen molar-refractivity contribution in [1.82, 2.24) is 10.3 Å². The van der Waals surface area contributed by atoms with Gasteiger partial charge in [0.25, 0.3) is 0 Å². The van der Waals surface area contributed by atoms with Gasteiger partial charge in [0.05, 0.1) is 12.7 Å². The lowest BCUT2D eigenvalue weighted by molar-refractivity contribution is 0.0520. The number of rotatable bonds is 3. The SMILES string of the molecule is CC(C)(C)OC(=O)NCC(=O)c1ccc(F)cn1. The third kappa shape index (κ3) is 4.90. The normalized spacial score (nSPS) is 10.9. The molecule has 0 aliphatic rings. The first-order chi connectivity index (χ1) is 8.28. The zero-order valence-corrected chi connectivity index (χ0v) is 10.5. The Kier molecular flexibility index (Phi) is 4.36. The number of carbonyl (C=O) groups excluding carboxylic acids is 2. The topological polar surface area (TPSA) is 68.3 Å². The Hall–Kier alpha value is -1.98. The number of halogens is 1. The van der Waals surface area contributed by atoms with E-state index in [-0.39, 0.29) is 12.2 Å². The Morgan fingerprint density at radius 1 is 1.39 bits per heavy atom. The van der Waals surface area contributed by atoms with Crippen LogP contribution in [-0.2, 0) is 4.74 Å².